The predicted molar refractivity (Wildman–Crippen MR) is 97.4 cm³/mol. The normalized spacial score (nSPS) is 11.0. The van der Waals surface area contributed by atoms with Crippen LogP contribution in [0.15, 0.2) is 47.4 Å². The zero-order chi connectivity index (χ0) is 18.6. The van der Waals surface area contributed by atoms with Crippen LogP contribution in [0.1, 0.15) is 36.2 Å². The molecule has 0 bridgehead atoms. The van der Waals surface area contributed by atoms with Gasteiger partial charge in [0.2, 0.25) is 5.91 Å². The van der Waals surface area contributed by atoms with Crippen LogP contribution in [-0.4, -0.2) is 20.1 Å². The highest BCUT2D eigenvalue weighted by molar-refractivity contribution is 7.92. The Labute approximate surface area is 147 Å². The summed E-state index contributed by atoms with van der Waals surface area (Å²) in [6.45, 7) is 4.88. The van der Waals surface area contributed by atoms with Crippen molar-refractivity contribution in [3.8, 4) is 0 Å². The van der Waals surface area contributed by atoms with E-state index in [1.54, 1.807) is 32.0 Å². The molecule has 0 aliphatic carbocycles. The highest BCUT2D eigenvalue weighted by Crippen LogP contribution is 2.26. The molecule has 0 heterocycles. The van der Waals surface area contributed by atoms with Gasteiger partial charge in [0.05, 0.1) is 10.6 Å². The zero-order valence-electron chi connectivity index (χ0n) is 14.3. The van der Waals surface area contributed by atoms with E-state index < -0.39 is 10.0 Å². The third-order valence-electron chi connectivity index (χ3n) is 3.74. The van der Waals surface area contributed by atoms with Gasteiger partial charge in [0.15, 0.2) is 5.78 Å². The van der Waals surface area contributed by atoms with E-state index >= 15 is 0 Å². The number of benzene rings is 2. The Morgan fingerprint density at radius 2 is 1.60 bits per heavy atom. The highest BCUT2D eigenvalue weighted by atomic mass is 32.2. The van der Waals surface area contributed by atoms with Crippen molar-refractivity contribution in [3.05, 3.63) is 53.6 Å². The molecule has 2 N–H and O–H groups in total. The van der Waals surface area contributed by atoms with Crippen LogP contribution in [0, 0.1) is 6.92 Å². The second kappa shape index (κ2) is 7.48. The van der Waals surface area contributed by atoms with Gasteiger partial charge < -0.3 is 5.32 Å². The Morgan fingerprint density at radius 1 is 1.00 bits per heavy atom. The Bertz CT molecular complexity index is 903. The minimum atomic E-state index is -3.80. The quantitative estimate of drug-likeness (QED) is 0.773. The summed E-state index contributed by atoms with van der Waals surface area (Å²) in [4.78, 5) is 22.9. The monoisotopic (exact) mass is 360 g/mol. The first kappa shape index (κ1) is 18.7. The van der Waals surface area contributed by atoms with Crippen molar-refractivity contribution >= 4 is 33.1 Å². The van der Waals surface area contributed by atoms with Gasteiger partial charge in [-0.15, -0.1) is 0 Å². The highest BCUT2D eigenvalue weighted by Gasteiger charge is 2.17. The summed E-state index contributed by atoms with van der Waals surface area (Å²) in [5, 5.41) is 2.73. The topological polar surface area (TPSA) is 92.3 Å². The summed E-state index contributed by atoms with van der Waals surface area (Å²) < 4.78 is 27.6. The first-order valence-corrected chi connectivity index (χ1v) is 9.26. The van der Waals surface area contributed by atoms with Crippen molar-refractivity contribution < 1.29 is 18.0 Å². The minimum absolute atomic E-state index is 0.0555. The Kier molecular flexibility index (Phi) is 5.58. The first-order chi connectivity index (χ1) is 11.7. The standard InChI is InChI=1S/C18H20N2O4S/c1-4-18(22)19-16-6-5-7-17(12(16)2)20-25(23,24)15-10-8-14(9-11-15)13(3)21/h5-11,20H,4H2,1-3H3,(H,19,22). The summed E-state index contributed by atoms with van der Waals surface area (Å²) in [5.74, 6) is -0.282. The number of amides is 1. The van der Waals surface area contributed by atoms with Gasteiger partial charge in [-0.3, -0.25) is 14.3 Å². The fourth-order valence-electron chi connectivity index (χ4n) is 2.19. The van der Waals surface area contributed by atoms with Crippen LogP contribution in [0.2, 0.25) is 0 Å². The van der Waals surface area contributed by atoms with Crippen molar-refractivity contribution in [2.24, 2.45) is 0 Å². The van der Waals surface area contributed by atoms with E-state index in [0.717, 1.165) is 0 Å². The summed E-state index contributed by atoms with van der Waals surface area (Å²) in [6, 6.07) is 10.7. The van der Waals surface area contributed by atoms with Crippen molar-refractivity contribution in [1.82, 2.24) is 0 Å². The number of Topliss-reactive ketones (excluding diaryl/α,β-unsaturated/α-hetero) is 1. The summed E-state index contributed by atoms with van der Waals surface area (Å²) in [7, 11) is -3.80. The molecular weight excluding hydrogens is 340 g/mol. The molecule has 2 aromatic carbocycles. The van der Waals surface area contributed by atoms with E-state index in [4.69, 9.17) is 0 Å². The molecule has 25 heavy (non-hydrogen) atoms. The van der Waals surface area contributed by atoms with Crippen LogP contribution in [-0.2, 0) is 14.8 Å². The average molecular weight is 360 g/mol. The Hall–Kier alpha value is -2.67. The van der Waals surface area contributed by atoms with Gasteiger partial charge in [0.1, 0.15) is 0 Å². The van der Waals surface area contributed by atoms with E-state index in [-0.39, 0.29) is 16.6 Å². The van der Waals surface area contributed by atoms with Crippen LogP contribution in [0.5, 0.6) is 0 Å². The lowest BCUT2D eigenvalue weighted by Crippen LogP contribution is -2.15. The van der Waals surface area contributed by atoms with E-state index in [1.165, 1.54) is 31.2 Å². The molecule has 0 atom stereocenters. The number of anilines is 2. The van der Waals surface area contributed by atoms with Crippen molar-refractivity contribution in [3.63, 3.8) is 0 Å². The number of hydrogen-bond donors (Lipinski definition) is 2. The molecule has 2 aromatic rings. The second-order valence-electron chi connectivity index (χ2n) is 5.57. The van der Waals surface area contributed by atoms with Gasteiger partial charge in [-0.2, -0.15) is 0 Å². The fraction of sp³-hybridized carbons (Fsp3) is 0.222. The maximum atomic E-state index is 12.5. The first-order valence-electron chi connectivity index (χ1n) is 7.78. The third kappa shape index (κ3) is 4.45. The predicted octanol–water partition coefficient (Wildman–Crippen LogP) is 3.35. The number of nitrogens with one attached hydrogen (secondary N) is 2. The lowest BCUT2D eigenvalue weighted by Gasteiger charge is -2.14. The van der Waals surface area contributed by atoms with Gasteiger partial charge in [0, 0.05) is 17.7 Å². The van der Waals surface area contributed by atoms with Gasteiger partial charge >= 0.3 is 0 Å². The lowest BCUT2D eigenvalue weighted by atomic mass is 10.1. The average Bonchev–Trinajstić information content (AvgIpc) is 2.58. The van der Waals surface area contributed by atoms with Crippen LogP contribution in [0.25, 0.3) is 0 Å². The zero-order valence-corrected chi connectivity index (χ0v) is 15.1. The van der Waals surface area contributed by atoms with E-state index in [0.29, 0.717) is 28.9 Å². The largest absolute Gasteiger partial charge is 0.326 e. The van der Waals surface area contributed by atoms with E-state index in [2.05, 4.69) is 10.0 Å². The molecule has 6 nitrogen and oxygen atoms in total. The maximum Gasteiger partial charge on any atom is 0.261 e. The fourth-order valence-corrected chi connectivity index (χ4v) is 3.32. The van der Waals surface area contributed by atoms with Crippen LogP contribution >= 0.6 is 0 Å². The number of sulfonamides is 1. The van der Waals surface area contributed by atoms with Gasteiger partial charge in [0.25, 0.3) is 10.0 Å². The van der Waals surface area contributed by atoms with Crippen molar-refractivity contribution in [2.45, 2.75) is 32.1 Å². The molecule has 0 unspecified atom stereocenters. The smallest absolute Gasteiger partial charge is 0.261 e. The van der Waals surface area contributed by atoms with Crippen molar-refractivity contribution in [1.29, 1.82) is 0 Å². The maximum absolute atomic E-state index is 12.5. The number of carbonyl (C=O) groups excluding carboxylic acids is 2. The van der Waals surface area contributed by atoms with E-state index in [1.807, 2.05) is 0 Å². The molecule has 0 aliphatic rings. The second-order valence-corrected chi connectivity index (χ2v) is 7.25. The number of ketones is 1. The summed E-state index contributed by atoms with van der Waals surface area (Å²) in [5.41, 5.74) is 2.00. The molecule has 0 radical (unpaired) electrons. The molecule has 0 fully saturated rings. The van der Waals surface area contributed by atoms with Gasteiger partial charge in [-0.05, 0) is 43.7 Å². The Balaban J connectivity index is 2.30. The van der Waals surface area contributed by atoms with Crippen LogP contribution in [0.4, 0.5) is 11.4 Å². The summed E-state index contributed by atoms with van der Waals surface area (Å²) in [6.07, 6.45) is 0.331. The third-order valence-corrected chi connectivity index (χ3v) is 5.13. The van der Waals surface area contributed by atoms with Crippen LogP contribution < -0.4 is 10.0 Å². The molecular formula is C18H20N2O4S. The molecule has 132 valence electrons. The molecule has 0 aliphatic heterocycles. The number of carbonyl (C=O) groups is 2. The molecule has 7 heteroatoms. The molecule has 0 spiro atoms. The number of rotatable bonds is 6. The lowest BCUT2D eigenvalue weighted by molar-refractivity contribution is -0.115. The van der Waals surface area contributed by atoms with E-state index in [9.17, 15) is 18.0 Å². The summed E-state index contributed by atoms with van der Waals surface area (Å²) >= 11 is 0. The molecule has 0 saturated carbocycles. The minimum Gasteiger partial charge on any atom is -0.326 e. The molecule has 1 amide bonds. The Morgan fingerprint density at radius 3 is 2.16 bits per heavy atom. The number of hydrogen-bond acceptors (Lipinski definition) is 4. The van der Waals surface area contributed by atoms with Crippen LogP contribution in [0.3, 0.4) is 0 Å². The molecule has 2 rings (SSSR count). The van der Waals surface area contributed by atoms with Crippen molar-refractivity contribution in [2.75, 3.05) is 10.0 Å². The van der Waals surface area contributed by atoms with Gasteiger partial charge in [-0.1, -0.05) is 25.1 Å². The SMILES string of the molecule is CCC(=O)Nc1cccc(NS(=O)(=O)c2ccc(C(C)=O)cc2)c1C. The van der Waals surface area contributed by atoms with Gasteiger partial charge in [-0.25, -0.2) is 8.42 Å². The molecule has 0 aromatic heterocycles. The molecule has 0 saturated heterocycles.